The van der Waals surface area contributed by atoms with Crippen molar-refractivity contribution >= 4 is 89.1 Å². The molecule has 0 radical (unpaired) electrons. The molecule has 12 heterocycles. The lowest BCUT2D eigenvalue weighted by atomic mass is 9.88. The fourth-order valence-electron chi connectivity index (χ4n) is 12.7. The molecule has 27 heteroatoms. The molecule has 5 N–H and O–H groups in total. The van der Waals surface area contributed by atoms with E-state index in [4.69, 9.17) is 39.9 Å². The summed E-state index contributed by atoms with van der Waals surface area (Å²) in [7, 11) is 6.32. The van der Waals surface area contributed by atoms with E-state index in [2.05, 4.69) is 123 Å². The molecule has 4 aliphatic heterocycles. The number of methoxy groups -OCH3 is 4. The highest BCUT2D eigenvalue weighted by molar-refractivity contribution is 9.10. The second-order valence-corrected chi connectivity index (χ2v) is 28.0. The van der Waals surface area contributed by atoms with Crippen molar-refractivity contribution in [1.82, 2.24) is 65.1 Å². The Morgan fingerprint density at radius 3 is 1.11 bits per heavy atom. The van der Waals surface area contributed by atoms with E-state index in [0.717, 1.165) is 122 Å². The number of hydrogen-bond acceptors (Lipinski definition) is 26. The van der Waals surface area contributed by atoms with Crippen LogP contribution in [-0.2, 0) is 19.1 Å². The van der Waals surface area contributed by atoms with Gasteiger partial charge in [-0.15, -0.1) is 0 Å². The van der Waals surface area contributed by atoms with Crippen LogP contribution in [0.3, 0.4) is 0 Å². The van der Waals surface area contributed by atoms with Gasteiger partial charge in [0.05, 0.1) is 75.0 Å². The van der Waals surface area contributed by atoms with Crippen LogP contribution in [0.15, 0.2) is 78.8 Å². The predicted octanol–water partition coefficient (Wildman–Crippen LogP) is 9.40. The minimum absolute atomic E-state index is 0.0663. The number of hydrogen-bond donors (Lipinski definition) is 3. The minimum atomic E-state index is -0.456. The molecule has 0 bridgehead atoms. The lowest BCUT2D eigenvalue weighted by molar-refractivity contribution is -0.157. The van der Waals surface area contributed by atoms with E-state index in [1.807, 2.05) is 41.5 Å². The molecule has 8 aromatic heterocycles. The Labute approximate surface area is 565 Å². The van der Waals surface area contributed by atoms with Gasteiger partial charge in [0.25, 0.3) is 0 Å². The normalized spacial score (nSPS) is 21.3. The molecule has 512 valence electrons. The first-order valence-corrected chi connectivity index (χ1v) is 33.2. The third-order valence-corrected chi connectivity index (χ3v) is 16.7. The number of rotatable bonds is 11. The Bertz CT molecular complexity index is 3700. The van der Waals surface area contributed by atoms with Gasteiger partial charge in [0, 0.05) is 114 Å². The van der Waals surface area contributed by atoms with Crippen molar-refractivity contribution in [2.24, 2.45) is 47.0 Å². The number of carbonyl (C=O) groups is 2. The molecule has 0 spiro atoms. The number of halogens is 1. The van der Waals surface area contributed by atoms with Crippen molar-refractivity contribution in [3.8, 4) is 23.5 Å². The van der Waals surface area contributed by atoms with Crippen LogP contribution in [0, 0.1) is 35.5 Å². The van der Waals surface area contributed by atoms with Gasteiger partial charge in [-0.05, 0) is 132 Å². The fourth-order valence-corrected chi connectivity index (χ4v) is 13.0. The number of piperidine rings is 4. The van der Waals surface area contributed by atoms with E-state index in [-0.39, 0.29) is 35.5 Å². The smallest absolute Gasteiger partial charge is 0.306 e. The average Bonchev–Trinajstić information content (AvgIpc) is 0.808. The number of carbonyl (C=O) groups excluding carboxylic acids is 2. The van der Waals surface area contributed by atoms with E-state index in [0.29, 0.717) is 88.0 Å². The van der Waals surface area contributed by atoms with Crippen molar-refractivity contribution < 1.29 is 38.0 Å². The van der Waals surface area contributed by atoms with Crippen LogP contribution in [0.5, 0.6) is 23.5 Å². The zero-order chi connectivity index (χ0) is 68.6. The quantitative estimate of drug-likeness (QED) is 0.101. The van der Waals surface area contributed by atoms with Gasteiger partial charge in [-0.25, -0.2) is 39.9 Å². The van der Waals surface area contributed by atoms with Gasteiger partial charge in [0.1, 0.15) is 33.3 Å². The molecule has 4 aliphatic rings. The molecule has 95 heavy (non-hydrogen) atoms. The van der Waals surface area contributed by atoms with Crippen LogP contribution in [0.4, 0.5) is 17.1 Å². The lowest BCUT2D eigenvalue weighted by Gasteiger charge is -2.38. The van der Waals surface area contributed by atoms with Crippen LogP contribution in [0.25, 0.3) is 44.1 Å². The standard InChI is InChI=1S/C20H28N4O3.2C14H19N5O.C12H23NO2.C8H6BrN3O/c1-13-8-14(9-16(25)27-20(2,3)4)12-24(11-13)15-10-23-19(26-5)18-17(15)21-6-7-22-18;2*1-9-5-10(15)8-19(7-9)11-6-18-14(20-2)13-12(11)16-3-4-17-13;1-9-5-10(8-13-7-9)6-11(14)15-12(2,3)4;1-13-8-7-6(5(9)4-12-8)10-2-3-11-7/h6-7,10,13-14H,8-9,11-12H2,1-5H3;2*3-4,6,9-10H,5,7-8,15H2,1-2H3;9-10,13H,5-8H2,1-4H3;2-4H,1H3/t13-,14-;2*9-,10+;9-,10-;/m0000./s1. The minimum Gasteiger partial charge on any atom is -0.479 e. The summed E-state index contributed by atoms with van der Waals surface area (Å²) in [6, 6.07) is 0.375. The summed E-state index contributed by atoms with van der Waals surface area (Å²) in [5.41, 5.74) is 20.2. The fraction of sp³-hybridized carbons (Fsp3) is 0.559. The highest BCUT2D eigenvalue weighted by Crippen LogP contribution is 2.36. The van der Waals surface area contributed by atoms with Crippen LogP contribution in [0.1, 0.15) is 108 Å². The summed E-state index contributed by atoms with van der Waals surface area (Å²) in [5, 5.41) is 3.35. The molecule has 26 nitrogen and oxygen atoms in total. The third kappa shape index (κ3) is 20.4. The first-order valence-electron chi connectivity index (χ1n) is 32.4. The Kier molecular flexibility index (Phi) is 25.6. The number of pyridine rings is 4. The Morgan fingerprint density at radius 2 is 0.747 bits per heavy atom. The van der Waals surface area contributed by atoms with Crippen LogP contribution >= 0.6 is 15.9 Å². The van der Waals surface area contributed by atoms with Crippen molar-refractivity contribution in [3.05, 3.63) is 78.8 Å². The maximum Gasteiger partial charge on any atom is 0.306 e. The molecule has 4 fully saturated rings. The zero-order valence-electron chi connectivity index (χ0n) is 57.5. The molecule has 8 atom stereocenters. The van der Waals surface area contributed by atoms with Gasteiger partial charge in [0.15, 0.2) is 22.1 Å². The van der Waals surface area contributed by atoms with Crippen molar-refractivity contribution in [2.75, 3.05) is 95.5 Å². The van der Waals surface area contributed by atoms with E-state index in [9.17, 15) is 9.59 Å². The second kappa shape index (κ2) is 33.5. The van der Waals surface area contributed by atoms with Gasteiger partial charge in [-0.2, -0.15) is 0 Å². The number of nitrogens with two attached hydrogens (primary N) is 2. The van der Waals surface area contributed by atoms with Gasteiger partial charge in [-0.1, -0.05) is 27.7 Å². The Balaban J connectivity index is 0.000000155. The SMILES string of the molecule is COc1ncc(Br)c2nccnc12.COc1ncc(N2C[C@@H](C)C[C@@H](CC(=O)OC(C)(C)C)C2)c2nccnc12.COc1ncc(N2C[C@@H](C)C[C@@H](N)C2)c2nccnc12.COc1ncc(N2C[C@@H](C)C[C@@H](N)C2)c2nccnc12.C[C@@H]1CNC[C@H](CC(=O)OC(C)(C)C)C1. The average molecular weight is 1370 g/mol. The zero-order valence-corrected chi connectivity index (χ0v) is 59.0. The maximum absolute atomic E-state index is 12.3. The summed E-state index contributed by atoms with van der Waals surface area (Å²) < 4.78 is 32.5. The Hall–Kier alpha value is -8.14. The monoisotopic (exact) mass is 1370 g/mol. The molecular weight excluding hydrogens is 1280 g/mol. The second-order valence-electron chi connectivity index (χ2n) is 27.2. The number of anilines is 3. The molecule has 8 aromatic rings. The molecule has 4 saturated heterocycles. The highest BCUT2D eigenvalue weighted by Gasteiger charge is 2.32. The molecular formula is C68H95BrN18O8. The van der Waals surface area contributed by atoms with Crippen LogP contribution in [-0.4, -0.2) is 176 Å². The number of fused-ring (bicyclic) bond motifs is 4. The van der Waals surface area contributed by atoms with E-state index >= 15 is 0 Å². The first-order chi connectivity index (χ1) is 45.3. The number of aromatic nitrogens is 12. The molecule has 0 amide bonds. The van der Waals surface area contributed by atoms with Gasteiger partial charge >= 0.3 is 11.9 Å². The van der Waals surface area contributed by atoms with Crippen LogP contribution in [0.2, 0.25) is 0 Å². The van der Waals surface area contributed by atoms with Gasteiger partial charge in [-0.3, -0.25) is 29.5 Å². The molecule has 0 aliphatic carbocycles. The molecule has 0 aromatic carbocycles. The number of nitrogens with one attached hydrogen (secondary N) is 1. The summed E-state index contributed by atoms with van der Waals surface area (Å²) in [6.07, 6.45) is 25.5. The van der Waals surface area contributed by atoms with E-state index in [1.54, 1.807) is 103 Å². The summed E-state index contributed by atoms with van der Waals surface area (Å²) in [6.45, 7) is 27.5. The lowest BCUT2D eigenvalue weighted by Crippen LogP contribution is -2.46. The third-order valence-electron chi connectivity index (χ3n) is 16.1. The summed E-state index contributed by atoms with van der Waals surface area (Å²) in [5.74, 6) is 4.70. The van der Waals surface area contributed by atoms with Gasteiger partial charge in [0.2, 0.25) is 23.5 Å². The van der Waals surface area contributed by atoms with E-state index < -0.39 is 5.60 Å². The topological polar surface area (TPSA) is 318 Å². The first kappa shape index (κ1) is 72.7. The van der Waals surface area contributed by atoms with Crippen LogP contribution < -0.4 is 50.4 Å². The Morgan fingerprint density at radius 1 is 0.432 bits per heavy atom. The highest BCUT2D eigenvalue weighted by atomic mass is 79.9. The van der Waals surface area contributed by atoms with E-state index in [1.165, 1.54) is 0 Å². The summed E-state index contributed by atoms with van der Waals surface area (Å²) in [4.78, 5) is 82.5. The maximum atomic E-state index is 12.3. The summed E-state index contributed by atoms with van der Waals surface area (Å²) >= 11 is 3.34. The molecule has 12 rings (SSSR count). The predicted molar refractivity (Wildman–Crippen MR) is 372 cm³/mol. The van der Waals surface area contributed by atoms with Crippen molar-refractivity contribution in [3.63, 3.8) is 0 Å². The molecule has 0 unspecified atom stereocenters. The largest absolute Gasteiger partial charge is 0.479 e. The van der Waals surface area contributed by atoms with Gasteiger partial charge < -0.3 is 59.9 Å². The van der Waals surface area contributed by atoms with Crippen molar-refractivity contribution in [2.45, 2.75) is 131 Å². The molecule has 0 saturated carbocycles. The van der Waals surface area contributed by atoms with Crippen molar-refractivity contribution in [1.29, 1.82) is 0 Å². The number of ether oxygens (including phenoxy) is 6. The number of esters is 2. The number of nitrogens with zero attached hydrogens (tertiary/aromatic N) is 15.